The minimum absolute atomic E-state index is 0.0337. The molecule has 11 heteroatoms. The van der Waals surface area contributed by atoms with Crippen molar-refractivity contribution in [2.24, 2.45) is 0 Å². The summed E-state index contributed by atoms with van der Waals surface area (Å²) in [6.07, 6.45) is 0. The minimum Gasteiger partial charge on any atom is -0.356 e. The number of hydrogen-bond donors (Lipinski definition) is 2. The molecule has 0 bridgehead atoms. The van der Waals surface area contributed by atoms with E-state index in [1.807, 2.05) is 30.3 Å². The molecule has 0 aliphatic carbocycles. The van der Waals surface area contributed by atoms with Crippen LogP contribution < -0.4 is 10.6 Å². The average molecular weight is 429 g/mol. The van der Waals surface area contributed by atoms with Gasteiger partial charge in [0.05, 0.1) is 10.7 Å². The number of anilines is 1. The number of imide groups is 1. The van der Waals surface area contributed by atoms with Crippen LogP contribution >= 0.6 is 23.1 Å². The number of nitrogens with one attached hydrogen (secondary N) is 2. The highest BCUT2D eigenvalue weighted by atomic mass is 32.2. The van der Waals surface area contributed by atoms with Crippen molar-refractivity contribution in [2.45, 2.75) is 10.9 Å². The standard InChI is InChI=1S/C18H15N5O4S2/c24-15(20-16(25)13-7-4-8-14(9-13)23(26)27)11-28-18-22-21-17(29-18)19-10-12-5-2-1-3-6-12/h1-9H,10-11H2,(H,19,21)(H,20,24,25). The number of nitro groups is 1. The highest BCUT2D eigenvalue weighted by Crippen LogP contribution is 2.25. The molecule has 29 heavy (non-hydrogen) atoms. The molecule has 0 fully saturated rings. The molecule has 1 heterocycles. The predicted octanol–water partition coefficient (Wildman–Crippen LogP) is 3.11. The van der Waals surface area contributed by atoms with Gasteiger partial charge in [-0.25, -0.2) is 0 Å². The molecule has 9 nitrogen and oxygen atoms in total. The molecule has 0 aliphatic rings. The zero-order valence-corrected chi connectivity index (χ0v) is 16.5. The van der Waals surface area contributed by atoms with E-state index in [4.69, 9.17) is 0 Å². The number of non-ortho nitro benzene ring substituents is 1. The maximum absolute atomic E-state index is 12.1. The fraction of sp³-hybridized carbons (Fsp3) is 0.111. The predicted molar refractivity (Wildman–Crippen MR) is 110 cm³/mol. The highest BCUT2D eigenvalue weighted by Gasteiger charge is 2.15. The van der Waals surface area contributed by atoms with Crippen LogP contribution in [0.2, 0.25) is 0 Å². The zero-order chi connectivity index (χ0) is 20.6. The van der Waals surface area contributed by atoms with Crippen molar-refractivity contribution >= 4 is 45.7 Å². The Morgan fingerprint density at radius 1 is 1.10 bits per heavy atom. The van der Waals surface area contributed by atoms with Crippen molar-refractivity contribution in [3.05, 3.63) is 75.8 Å². The van der Waals surface area contributed by atoms with Crippen molar-refractivity contribution in [1.82, 2.24) is 15.5 Å². The first-order chi connectivity index (χ1) is 14.0. The Bertz CT molecular complexity index is 1030. The number of rotatable bonds is 8. The van der Waals surface area contributed by atoms with Crippen molar-refractivity contribution in [3.63, 3.8) is 0 Å². The summed E-state index contributed by atoms with van der Waals surface area (Å²) in [5, 5.41) is 24.8. The van der Waals surface area contributed by atoms with Gasteiger partial charge >= 0.3 is 0 Å². The van der Waals surface area contributed by atoms with Gasteiger partial charge in [0.25, 0.3) is 11.6 Å². The molecule has 0 saturated heterocycles. The number of thioether (sulfide) groups is 1. The van der Waals surface area contributed by atoms with E-state index in [0.29, 0.717) is 16.0 Å². The van der Waals surface area contributed by atoms with E-state index < -0.39 is 16.7 Å². The Balaban J connectivity index is 1.47. The molecule has 1 aromatic heterocycles. The number of carbonyl (C=O) groups excluding carboxylic acids is 2. The summed E-state index contributed by atoms with van der Waals surface area (Å²) in [4.78, 5) is 34.2. The molecule has 0 spiro atoms. The van der Waals surface area contributed by atoms with Crippen LogP contribution in [-0.4, -0.2) is 32.7 Å². The first-order valence-electron chi connectivity index (χ1n) is 8.34. The van der Waals surface area contributed by atoms with Crippen LogP contribution in [0.25, 0.3) is 0 Å². The molecule has 0 unspecified atom stereocenters. The molecule has 2 aromatic carbocycles. The second-order valence-electron chi connectivity index (χ2n) is 5.69. The van der Waals surface area contributed by atoms with Crippen molar-refractivity contribution in [3.8, 4) is 0 Å². The molecule has 0 atom stereocenters. The Hall–Kier alpha value is -3.31. The molecule has 0 saturated carbocycles. The second-order valence-corrected chi connectivity index (χ2v) is 7.89. The zero-order valence-electron chi connectivity index (χ0n) is 14.9. The van der Waals surface area contributed by atoms with Crippen LogP contribution in [0.3, 0.4) is 0 Å². The van der Waals surface area contributed by atoms with Gasteiger partial charge in [-0.05, 0) is 11.6 Å². The molecule has 2 amide bonds. The van der Waals surface area contributed by atoms with Crippen molar-refractivity contribution in [2.75, 3.05) is 11.1 Å². The highest BCUT2D eigenvalue weighted by molar-refractivity contribution is 8.01. The van der Waals surface area contributed by atoms with E-state index in [-0.39, 0.29) is 17.0 Å². The number of nitrogens with zero attached hydrogens (tertiary/aromatic N) is 3. The fourth-order valence-corrected chi connectivity index (χ4v) is 3.78. The number of nitro benzene ring substituents is 1. The topological polar surface area (TPSA) is 127 Å². The molecule has 0 radical (unpaired) electrons. The van der Waals surface area contributed by atoms with Gasteiger partial charge < -0.3 is 5.32 Å². The summed E-state index contributed by atoms with van der Waals surface area (Å²) < 4.78 is 0.582. The molecule has 148 valence electrons. The summed E-state index contributed by atoms with van der Waals surface area (Å²) in [5.41, 5.74) is 0.931. The van der Waals surface area contributed by atoms with E-state index in [9.17, 15) is 19.7 Å². The maximum Gasteiger partial charge on any atom is 0.270 e. The first-order valence-corrected chi connectivity index (χ1v) is 10.1. The van der Waals surface area contributed by atoms with Gasteiger partial charge in [0, 0.05) is 24.2 Å². The summed E-state index contributed by atoms with van der Waals surface area (Å²) >= 11 is 2.45. The lowest BCUT2D eigenvalue weighted by atomic mass is 10.2. The minimum atomic E-state index is -0.693. The molecule has 2 N–H and O–H groups in total. The third-order valence-corrected chi connectivity index (χ3v) is 5.61. The van der Waals surface area contributed by atoms with E-state index >= 15 is 0 Å². The first kappa shape index (κ1) is 20.4. The maximum atomic E-state index is 12.1. The monoisotopic (exact) mass is 429 g/mol. The molecular weight excluding hydrogens is 414 g/mol. The van der Waals surface area contributed by atoms with Crippen molar-refractivity contribution < 1.29 is 14.5 Å². The Kier molecular flexibility index (Phi) is 6.87. The van der Waals surface area contributed by atoms with Crippen molar-refractivity contribution in [1.29, 1.82) is 0 Å². The second kappa shape index (κ2) is 9.75. The fourth-order valence-electron chi connectivity index (χ4n) is 2.24. The van der Waals surface area contributed by atoms with Gasteiger partial charge in [0.15, 0.2) is 4.34 Å². The Morgan fingerprint density at radius 2 is 1.90 bits per heavy atom. The third-order valence-electron chi connectivity index (χ3n) is 3.59. The molecular formula is C18H15N5O4S2. The van der Waals surface area contributed by atoms with Gasteiger partial charge in [0.2, 0.25) is 11.0 Å². The molecule has 3 aromatic rings. The van der Waals surface area contributed by atoms with Gasteiger partial charge in [-0.2, -0.15) is 0 Å². The van der Waals surface area contributed by atoms with Gasteiger partial charge in [0.1, 0.15) is 0 Å². The van der Waals surface area contributed by atoms with E-state index in [1.165, 1.54) is 29.5 Å². The Morgan fingerprint density at radius 3 is 2.66 bits per heavy atom. The SMILES string of the molecule is O=C(CSc1nnc(NCc2ccccc2)s1)NC(=O)c1cccc([N+](=O)[O-])c1. The number of carbonyl (C=O) groups is 2. The van der Waals surface area contributed by atoms with Crippen LogP contribution in [0.15, 0.2) is 58.9 Å². The third kappa shape index (κ3) is 6.09. The van der Waals surface area contributed by atoms with Crippen LogP contribution in [0.1, 0.15) is 15.9 Å². The normalized spacial score (nSPS) is 10.3. The Labute approximate surface area is 173 Å². The van der Waals surface area contributed by atoms with Crippen LogP contribution in [0.4, 0.5) is 10.8 Å². The number of hydrogen-bond acceptors (Lipinski definition) is 9. The molecule has 3 rings (SSSR count). The van der Waals surface area contributed by atoms with Crippen LogP contribution in [0.5, 0.6) is 0 Å². The number of amides is 2. The quantitative estimate of drug-likeness (QED) is 0.318. The van der Waals surface area contributed by atoms with E-state index in [2.05, 4.69) is 20.8 Å². The lowest BCUT2D eigenvalue weighted by Crippen LogP contribution is -2.31. The lowest BCUT2D eigenvalue weighted by Gasteiger charge is -2.03. The van der Waals surface area contributed by atoms with Gasteiger partial charge in [-0.3, -0.25) is 25.0 Å². The summed E-state index contributed by atoms with van der Waals surface area (Å²) in [5.74, 6) is -1.25. The van der Waals surface area contributed by atoms with Gasteiger partial charge in [-0.1, -0.05) is 59.5 Å². The molecule has 0 aliphatic heterocycles. The lowest BCUT2D eigenvalue weighted by molar-refractivity contribution is -0.384. The summed E-state index contributed by atoms with van der Waals surface area (Å²) in [6, 6.07) is 15.0. The number of benzene rings is 2. The summed E-state index contributed by atoms with van der Waals surface area (Å²) in [6.45, 7) is 0.609. The average Bonchev–Trinajstić information content (AvgIpc) is 3.19. The number of aromatic nitrogens is 2. The van der Waals surface area contributed by atoms with E-state index in [0.717, 1.165) is 23.4 Å². The smallest absolute Gasteiger partial charge is 0.270 e. The summed E-state index contributed by atoms with van der Waals surface area (Å²) in [7, 11) is 0. The van der Waals surface area contributed by atoms with Gasteiger partial charge in [-0.15, -0.1) is 10.2 Å². The van der Waals surface area contributed by atoms with E-state index in [1.54, 1.807) is 0 Å². The largest absolute Gasteiger partial charge is 0.356 e. The van der Waals surface area contributed by atoms with Crippen LogP contribution in [-0.2, 0) is 11.3 Å². The van der Waals surface area contributed by atoms with Crippen LogP contribution in [0, 0.1) is 10.1 Å².